The average Bonchev–Trinajstić information content (AvgIpc) is 3.11. The van der Waals surface area contributed by atoms with Crippen LogP contribution in [0.3, 0.4) is 0 Å². The number of esters is 1. The van der Waals surface area contributed by atoms with E-state index in [2.05, 4.69) is 4.98 Å². The number of hydrogen-bond donors (Lipinski definition) is 0. The van der Waals surface area contributed by atoms with Crippen LogP contribution >= 0.6 is 0 Å². The van der Waals surface area contributed by atoms with E-state index in [9.17, 15) is 14.0 Å². The zero-order valence-electron chi connectivity index (χ0n) is 14.0. The van der Waals surface area contributed by atoms with Crippen LogP contribution < -0.4 is 0 Å². The predicted molar refractivity (Wildman–Crippen MR) is 88.8 cm³/mol. The minimum Gasteiger partial charge on any atom is -0.466 e. The highest BCUT2D eigenvalue weighted by atomic mass is 19.1. The molecule has 1 aliphatic rings. The molecule has 1 fully saturated rings. The summed E-state index contributed by atoms with van der Waals surface area (Å²) in [5.74, 6) is -1.09. The van der Waals surface area contributed by atoms with E-state index in [1.165, 1.54) is 24.7 Å². The Hall–Kier alpha value is -2.70. The lowest BCUT2D eigenvalue weighted by atomic mass is 9.98. The van der Waals surface area contributed by atoms with Gasteiger partial charge in [-0.3, -0.25) is 14.2 Å². The van der Waals surface area contributed by atoms with Crippen molar-refractivity contribution in [1.82, 2.24) is 14.5 Å². The van der Waals surface area contributed by atoms with Gasteiger partial charge in [0.1, 0.15) is 11.5 Å². The molecule has 0 aliphatic carbocycles. The van der Waals surface area contributed by atoms with Crippen molar-refractivity contribution in [1.29, 1.82) is 0 Å². The van der Waals surface area contributed by atoms with E-state index in [1.54, 1.807) is 28.5 Å². The Morgan fingerprint density at radius 3 is 2.80 bits per heavy atom. The standard InChI is InChI=1S/C18H20FN3O3/c1-2-25-18(24)13-4-3-9-21(11-13)17(23)16-10-20-12-22(16)15-7-5-14(19)6-8-15/h5-8,10,12-13H,2-4,9,11H2,1H3. The molecule has 6 nitrogen and oxygen atoms in total. The number of halogens is 1. The quantitative estimate of drug-likeness (QED) is 0.799. The van der Waals surface area contributed by atoms with E-state index in [-0.39, 0.29) is 23.6 Å². The molecule has 1 aromatic carbocycles. The molecule has 0 radical (unpaired) electrons. The maximum atomic E-state index is 13.1. The fourth-order valence-electron chi connectivity index (χ4n) is 3.04. The van der Waals surface area contributed by atoms with E-state index in [1.807, 2.05) is 0 Å². The molecule has 132 valence electrons. The number of carbonyl (C=O) groups is 2. The zero-order valence-corrected chi connectivity index (χ0v) is 14.0. The zero-order chi connectivity index (χ0) is 17.8. The summed E-state index contributed by atoms with van der Waals surface area (Å²) in [6, 6.07) is 5.85. The van der Waals surface area contributed by atoms with Crippen LogP contribution in [0.1, 0.15) is 30.3 Å². The molecule has 1 saturated heterocycles. The molecule has 1 aliphatic heterocycles. The second-order valence-corrected chi connectivity index (χ2v) is 5.97. The number of amides is 1. The SMILES string of the molecule is CCOC(=O)C1CCCN(C(=O)c2cncn2-c2ccc(F)cc2)C1. The molecule has 1 unspecified atom stereocenters. The van der Waals surface area contributed by atoms with E-state index in [4.69, 9.17) is 4.74 Å². The Kier molecular flexibility index (Phi) is 5.11. The van der Waals surface area contributed by atoms with E-state index in [0.717, 1.165) is 12.8 Å². The summed E-state index contributed by atoms with van der Waals surface area (Å²) in [6.07, 6.45) is 4.48. The number of likely N-dealkylation sites (tertiary alicyclic amines) is 1. The van der Waals surface area contributed by atoms with Crippen LogP contribution in [0.5, 0.6) is 0 Å². The summed E-state index contributed by atoms with van der Waals surface area (Å²) in [4.78, 5) is 30.6. The molecule has 0 bridgehead atoms. The molecule has 0 saturated carbocycles. The Balaban J connectivity index is 1.78. The average molecular weight is 345 g/mol. The van der Waals surface area contributed by atoms with Gasteiger partial charge in [-0.15, -0.1) is 0 Å². The Bertz CT molecular complexity index is 757. The van der Waals surface area contributed by atoms with Crippen LogP contribution in [-0.4, -0.2) is 46.0 Å². The lowest BCUT2D eigenvalue weighted by Gasteiger charge is -2.31. The van der Waals surface area contributed by atoms with Gasteiger partial charge in [0.25, 0.3) is 5.91 Å². The minimum absolute atomic E-state index is 0.198. The van der Waals surface area contributed by atoms with Crippen molar-refractivity contribution in [2.45, 2.75) is 19.8 Å². The third-order valence-electron chi connectivity index (χ3n) is 4.29. The first-order valence-electron chi connectivity index (χ1n) is 8.34. The third kappa shape index (κ3) is 3.70. The fourth-order valence-corrected chi connectivity index (χ4v) is 3.04. The van der Waals surface area contributed by atoms with Crippen molar-refractivity contribution in [3.05, 3.63) is 48.3 Å². The van der Waals surface area contributed by atoms with Crippen LogP contribution in [0.4, 0.5) is 4.39 Å². The summed E-state index contributed by atoms with van der Waals surface area (Å²) in [5, 5.41) is 0. The monoisotopic (exact) mass is 345 g/mol. The summed E-state index contributed by atoms with van der Waals surface area (Å²) >= 11 is 0. The van der Waals surface area contributed by atoms with Gasteiger partial charge in [0, 0.05) is 18.8 Å². The van der Waals surface area contributed by atoms with Crippen LogP contribution in [0.25, 0.3) is 5.69 Å². The van der Waals surface area contributed by atoms with Gasteiger partial charge in [-0.1, -0.05) is 0 Å². The van der Waals surface area contributed by atoms with Crippen LogP contribution in [0.15, 0.2) is 36.8 Å². The molecule has 1 aromatic heterocycles. The number of aromatic nitrogens is 2. The number of nitrogens with zero attached hydrogens (tertiary/aromatic N) is 3. The Morgan fingerprint density at radius 2 is 2.08 bits per heavy atom. The summed E-state index contributed by atoms with van der Waals surface area (Å²) in [6.45, 7) is 3.03. The van der Waals surface area contributed by atoms with Gasteiger partial charge in [-0.05, 0) is 44.0 Å². The molecule has 2 aromatic rings. The number of rotatable bonds is 4. The van der Waals surface area contributed by atoms with Crippen LogP contribution in [0.2, 0.25) is 0 Å². The van der Waals surface area contributed by atoms with Gasteiger partial charge in [0.15, 0.2) is 0 Å². The lowest BCUT2D eigenvalue weighted by Crippen LogP contribution is -2.43. The number of carbonyl (C=O) groups excluding carboxylic acids is 2. The molecule has 2 heterocycles. The smallest absolute Gasteiger partial charge is 0.310 e. The topological polar surface area (TPSA) is 64.4 Å². The molecule has 1 atom stereocenters. The summed E-state index contributed by atoms with van der Waals surface area (Å²) in [7, 11) is 0. The number of imidazole rings is 1. The Labute approximate surface area is 145 Å². The second kappa shape index (κ2) is 7.46. The number of ether oxygens (including phenoxy) is 1. The predicted octanol–water partition coefficient (Wildman–Crippen LogP) is 2.43. The highest BCUT2D eigenvalue weighted by molar-refractivity contribution is 5.93. The molecule has 25 heavy (non-hydrogen) atoms. The molecule has 3 rings (SSSR count). The van der Waals surface area contributed by atoms with Gasteiger partial charge in [0.2, 0.25) is 0 Å². The number of benzene rings is 1. The molecule has 0 N–H and O–H groups in total. The highest BCUT2D eigenvalue weighted by Gasteiger charge is 2.31. The highest BCUT2D eigenvalue weighted by Crippen LogP contribution is 2.21. The molecule has 0 spiro atoms. The van der Waals surface area contributed by atoms with Crippen molar-refractivity contribution in [3.8, 4) is 5.69 Å². The van der Waals surface area contributed by atoms with E-state index in [0.29, 0.717) is 31.1 Å². The van der Waals surface area contributed by atoms with Crippen molar-refractivity contribution >= 4 is 11.9 Å². The van der Waals surface area contributed by atoms with Crippen molar-refractivity contribution in [2.24, 2.45) is 5.92 Å². The Morgan fingerprint density at radius 1 is 1.32 bits per heavy atom. The van der Waals surface area contributed by atoms with Crippen LogP contribution in [-0.2, 0) is 9.53 Å². The van der Waals surface area contributed by atoms with Gasteiger partial charge in [-0.25, -0.2) is 9.37 Å². The number of piperidine rings is 1. The summed E-state index contributed by atoms with van der Waals surface area (Å²) in [5.41, 5.74) is 1.04. The number of hydrogen-bond acceptors (Lipinski definition) is 4. The molecule has 7 heteroatoms. The third-order valence-corrected chi connectivity index (χ3v) is 4.29. The first-order chi connectivity index (χ1) is 12.1. The van der Waals surface area contributed by atoms with Gasteiger partial charge >= 0.3 is 5.97 Å². The molecular formula is C18H20FN3O3. The van der Waals surface area contributed by atoms with Gasteiger partial charge < -0.3 is 9.64 Å². The first-order valence-corrected chi connectivity index (χ1v) is 8.34. The molecular weight excluding hydrogens is 325 g/mol. The summed E-state index contributed by atoms with van der Waals surface area (Å²) < 4.78 is 19.8. The van der Waals surface area contributed by atoms with Crippen LogP contribution in [0, 0.1) is 11.7 Å². The van der Waals surface area contributed by atoms with E-state index < -0.39 is 0 Å². The lowest BCUT2D eigenvalue weighted by molar-refractivity contribution is -0.149. The van der Waals surface area contributed by atoms with Gasteiger partial charge in [0.05, 0.1) is 25.0 Å². The van der Waals surface area contributed by atoms with Crippen molar-refractivity contribution < 1.29 is 18.7 Å². The normalized spacial score (nSPS) is 17.4. The fraction of sp³-hybridized carbons (Fsp3) is 0.389. The van der Waals surface area contributed by atoms with Crippen molar-refractivity contribution in [3.63, 3.8) is 0 Å². The van der Waals surface area contributed by atoms with Gasteiger partial charge in [-0.2, -0.15) is 0 Å². The maximum Gasteiger partial charge on any atom is 0.310 e. The maximum absolute atomic E-state index is 13.1. The first kappa shape index (κ1) is 17.1. The second-order valence-electron chi connectivity index (χ2n) is 5.97. The minimum atomic E-state index is -0.343. The largest absolute Gasteiger partial charge is 0.466 e. The van der Waals surface area contributed by atoms with Crippen molar-refractivity contribution in [2.75, 3.05) is 19.7 Å². The van der Waals surface area contributed by atoms with E-state index >= 15 is 0 Å². The molecule has 1 amide bonds.